The van der Waals surface area contributed by atoms with Gasteiger partial charge in [-0.2, -0.15) is 10.1 Å². The second-order valence-corrected chi connectivity index (χ2v) is 11.2. The number of aromatic amines is 1. The zero-order valence-corrected chi connectivity index (χ0v) is 23.3. The van der Waals surface area contributed by atoms with Gasteiger partial charge < -0.3 is 29.8 Å². The molecular formula is C30H30ClN5O5. The number of aromatic nitrogens is 5. The summed E-state index contributed by atoms with van der Waals surface area (Å²) in [5, 5.41) is 34.4. The van der Waals surface area contributed by atoms with Crippen LogP contribution in [0.2, 0.25) is 5.02 Å². The minimum Gasteiger partial charge on any atom is -0.456 e. The summed E-state index contributed by atoms with van der Waals surface area (Å²) >= 11 is 6.59. The minimum atomic E-state index is -0.960. The van der Waals surface area contributed by atoms with Gasteiger partial charge in [0.1, 0.15) is 12.2 Å². The van der Waals surface area contributed by atoms with Gasteiger partial charge >= 0.3 is 0 Å². The zero-order valence-electron chi connectivity index (χ0n) is 22.5. The third-order valence-corrected chi connectivity index (χ3v) is 7.27. The fourth-order valence-electron chi connectivity index (χ4n) is 4.94. The smallest absolute Gasteiger partial charge is 0.296 e. The molecule has 4 heterocycles. The number of rotatable bonds is 8. The summed E-state index contributed by atoms with van der Waals surface area (Å²) in [5.74, 6) is 0. The van der Waals surface area contributed by atoms with Crippen LogP contribution in [0.15, 0.2) is 67.0 Å². The number of aliphatic hydroxyl groups excluding tert-OH is 2. The van der Waals surface area contributed by atoms with Crippen LogP contribution < -0.4 is 4.74 Å². The Labute approximate surface area is 241 Å². The van der Waals surface area contributed by atoms with Crippen LogP contribution in [0.5, 0.6) is 6.01 Å². The highest BCUT2D eigenvalue weighted by Crippen LogP contribution is 2.32. The summed E-state index contributed by atoms with van der Waals surface area (Å²) in [5.41, 5.74) is 5.66. The molecule has 0 amide bonds. The molecule has 1 aliphatic rings. The van der Waals surface area contributed by atoms with Crippen molar-refractivity contribution in [2.45, 2.75) is 44.2 Å². The maximum absolute atomic E-state index is 10.2. The summed E-state index contributed by atoms with van der Waals surface area (Å²) in [6.45, 7) is 3.42. The molecule has 3 aromatic heterocycles. The predicted molar refractivity (Wildman–Crippen MR) is 154 cm³/mol. The van der Waals surface area contributed by atoms with Crippen molar-refractivity contribution < 1.29 is 24.8 Å². The molecule has 1 saturated heterocycles. The van der Waals surface area contributed by atoms with Gasteiger partial charge in [0.05, 0.1) is 46.9 Å². The maximum atomic E-state index is 10.2. The fourth-order valence-corrected chi connectivity index (χ4v) is 5.20. The normalized spacial score (nSPS) is 19.2. The van der Waals surface area contributed by atoms with Crippen LogP contribution in [-0.2, 0) is 11.2 Å². The van der Waals surface area contributed by atoms with Crippen molar-refractivity contribution in [3.05, 3.63) is 77.6 Å². The number of H-pyrrole nitrogens is 1. The lowest BCUT2D eigenvalue weighted by Gasteiger charge is -2.15. The van der Waals surface area contributed by atoms with Crippen LogP contribution in [0.4, 0.5) is 0 Å². The van der Waals surface area contributed by atoms with Crippen molar-refractivity contribution in [1.82, 2.24) is 24.7 Å². The Morgan fingerprint density at radius 2 is 1.76 bits per heavy atom. The van der Waals surface area contributed by atoms with Gasteiger partial charge in [0.25, 0.3) is 6.01 Å². The first kappa shape index (κ1) is 27.4. The standard InChI is InChI=1S/C30H30ClN5O5/c1-30(2,39)12-17-13-32-36(14-17)21-9-7-19(8-10-21)18-3-5-20(6-4-18)26-22(31)11-23-28(34-26)35-29(33-23)41-25-16-40-24(15-37)27(25)38/h3-11,13-14,24-25,27,37-39H,12,15-16H2,1-2H3,(H,33,34,35)/t24-,25-,27-/m1/s1. The van der Waals surface area contributed by atoms with Gasteiger partial charge in [0, 0.05) is 18.2 Å². The average Bonchev–Trinajstić information content (AvgIpc) is 3.66. The van der Waals surface area contributed by atoms with E-state index in [1.54, 1.807) is 30.8 Å². The van der Waals surface area contributed by atoms with E-state index in [2.05, 4.69) is 20.1 Å². The lowest BCUT2D eigenvalue weighted by atomic mass is 10.0. The number of pyridine rings is 1. The van der Waals surface area contributed by atoms with E-state index in [4.69, 9.17) is 21.1 Å². The van der Waals surface area contributed by atoms with Crippen LogP contribution >= 0.6 is 11.6 Å². The quantitative estimate of drug-likeness (QED) is 0.218. The number of benzene rings is 2. The molecule has 6 rings (SSSR count). The third-order valence-electron chi connectivity index (χ3n) is 6.98. The number of hydrogen-bond donors (Lipinski definition) is 4. The van der Waals surface area contributed by atoms with Crippen LogP contribution in [0.25, 0.3) is 39.2 Å². The third kappa shape index (κ3) is 5.83. The van der Waals surface area contributed by atoms with E-state index in [9.17, 15) is 15.3 Å². The van der Waals surface area contributed by atoms with Crippen molar-refractivity contribution in [1.29, 1.82) is 0 Å². The number of halogens is 1. The molecule has 0 spiro atoms. The Hall–Kier alpha value is -3.80. The van der Waals surface area contributed by atoms with Gasteiger partial charge in [0.15, 0.2) is 11.8 Å². The zero-order chi connectivity index (χ0) is 28.7. The number of ether oxygens (including phenoxy) is 2. The molecular weight excluding hydrogens is 546 g/mol. The highest BCUT2D eigenvalue weighted by molar-refractivity contribution is 6.33. The second kappa shape index (κ2) is 10.9. The summed E-state index contributed by atoms with van der Waals surface area (Å²) in [4.78, 5) is 12.1. The van der Waals surface area contributed by atoms with Gasteiger partial charge in [-0.3, -0.25) is 0 Å². The van der Waals surface area contributed by atoms with Gasteiger partial charge in [-0.05, 0) is 48.7 Å². The Kier molecular flexibility index (Phi) is 7.27. The molecule has 1 fully saturated rings. The molecule has 10 nitrogen and oxygen atoms in total. The van der Waals surface area contributed by atoms with Crippen molar-refractivity contribution in [2.75, 3.05) is 13.2 Å². The second-order valence-electron chi connectivity index (χ2n) is 10.8. The molecule has 0 radical (unpaired) electrons. The van der Waals surface area contributed by atoms with Gasteiger partial charge in [-0.25, -0.2) is 9.67 Å². The first-order valence-corrected chi connectivity index (χ1v) is 13.7. The molecule has 11 heteroatoms. The number of aliphatic hydroxyl groups is 3. The first-order valence-electron chi connectivity index (χ1n) is 13.3. The van der Waals surface area contributed by atoms with E-state index in [-0.39, 0.29) is 19.2 Å². The topological polar surface area (TPSA) is 139 Å². The molecule has 4 N–H and O–H groups in total. The Morgan fingerprint density at radius 1 is 1.07 bits per heavy atom. The molecule has 41 heavy (non-hydrogen) atoms. The van der Waals surface area contributed by atoms with Crippen molar-refractivity contribution >= 4 is 22.8 Å². The van der Waals surface area contributed by atoms with Crippen molar-refractivity contribution in [3.8, 4) is 34.1 Å². The molecule has 2 aromatic carbocycles. The van der Waals surface area contributed by atoms with E-state index in [1.807, 2.05) is 54.7 Å². The van der Waals surface area contributed by atoms with Crippen LogP contribution in [-0.4, -0.2) is 77.2 Å². The average molecular weight is 576 g/mol. The predicted octanol–water partition coefficient (Wildman–Crippen LogP) is 3.94. The fraction of sp³-hybridized carbons (Fsp3) is 0.300. The number of nitrogens with one attached hydrogen (secondary N) is 1. The van der Waals surface area contributed by atoms with Crippen LogP contribution in [0.1, 0.15) is 19.4 Å². The summed E-state index contributed by atoms with van der Waals surface area (Å²) < 4.78 is 12.9. The SMILES string of the molecule is CC(C)(O)Cc1cnn(-c2ccc(-c3ccc(-c4nc5nc(O[C@@H]6CO[C@H](CO)[C@H]6O)[nH]c5cc4Cl)cc3)cc2)c1. The van der Waals surface area contributed by atoms with E-state index in [1.165, 1.54) is 0 Å². The lowest BCUT2D eigenvalue weighted by Crippen LogP contribution is -2.36. The lowest BCUT2D eigenvalue weighted by molar-refractivity contribution is -0.00390. The summed E-state index contributed by atoms with van der Waals surface area (Å²) in [6, 6.07) is 18.0. The maximum Gasteiger partial charge on any atom is 0.296 e. The Bertz CT molecular complexity index is 1660. The Morgan fingerprint density at radius 3 is 2.41 bits per heavy atom. The molecule has 0 saturated carbocycles. The molecule has 212 valence electrons. The Balaban J connectivity index is 1.17. The van der Waals surface area contributed by atoms with E-state index >= 15 is 0 Å². The monoisotopic (exact) mass is 575 g/mol. The summed E-state index contributed by atoms with van der Waals surface area (Å²) in [6.07, 6.45) is 1.95. The van der Waals surface area contributed by atoms with Crippen molar-refractivity contribution in [2.24, 2.45) is 0 Å². The molecule has 0 unspecified atom stereocenters. The molecule has 1 aliphatic heterocycles. The highest BCUT2D eigenvalue weighted by Gasteiger charge is 2.37. The first-order chi connectivity index (χ1) is 19.7. The number of imidazole rings is 1. The van der Waals surface area contributed by atoms with Gasteiger partial charge in [-0.1, -0.05) is 48.0 Å². The van der Waals surface area contributed by atoms with Crippen LogP contribution in [0.3, 0.4) is 0 Å². The van der Waals surface area contributed by atoms with Gasteiger partial charge in [0.2, 0.25) is 0 Å². The minimum absolute atomic E-state index is 0.144. The molecule has 3 atom stereocenters. The molecule has 0 aliphatic carbocycles. The molecule has 5 aromatic rings. The van der Waals surface area contributed by atoms with Crippen LogP contribution in [0, 0.1) is 0 Å². The number of nitrogens with zero attached hydrogens (tertiary/aromatic N) is 4. The van der Waals surface area contributed by atoms with Gasteiger partial charge in [-0.15, -0.1) is 0 Å². The van der Waals surface area contributed by atoms with E-state index in [0.717, 1.165) is 27.9 Å². The molecule has 0 bridgehead atoms. The number of hydrogen-bond acceptors (Lipinski definition) is 8. The van der Waals surface area contributed by atoms with E-state index < -0.39 is 23.9 Å². The number of fused-ring (bicyclic) bond motifs is 1. The largest absolute Gasteiger partial charge is 0.456 e. The summed E-state index contributed by atoms with van der Waals surface area (Å²) in [7, 11) is 0. The van der Waals surface area contributed by atoms with Crippen molar-refractivity contribution in [3.63, 3.8) is 0 Å². The van der Waals surface area contributed by atoms with E-state index in [0.29, 0.717) is 28.3 Å². The highest BCUT2D eigenvalue weighted by atomic mass is 35.5.